The Balaban J connectivity index is 1.41. The molecule has 1 aromatic heterocycles. The van der Waals surface area contributed by atoms with Crippen molar-refractivity contribution in [2.45, 2.75) is 57.8 Å². The van der Waals surface area contributed by atoms with Crippen molar-refractivity contribution in [3.05, 3.63) is 41.2 Å². The number of aromatic nitrogens is 2. The van der Waals surface area contributed by atoms with Crippen LogP contribution in [0.2, 0.25) is 0 Å². The fraction of sp³-hybridized carbons (Fsp3) is 0.550. The van der Waals surface area contributed by atoms with Gasteiger partial charge in [-0.05, 0) is 64.8 Å². The van der Waals surface area contributed by atoms with Gasteiger partial charge in [0.1, 0.15) is 4.90 Å². The summed E-state index contributed by atoms with van der Waals surface area (Å²) in [6.07, 6.45) is 1.68. The van der Waals surface area contributed by atoms with E-state index < -0.39 is 10.0 Å². The molecule has 1 fully saturated rings. The third-order valence-corrected chi connectivity index (χ3v) is 7.59. The van der Waals surface area contributed by atoms with Crippen LogP contribution >= 0.6 is 0 Å². The number of nitrogens with one attached hydrogen (secondary N) is 2. The van der Waals surface area contributed by atoms with Crippen LogP contribution in [-0.4, -0.2) is 42.4 Å². The lowest BCUT2D eigenvalue weighted by atomic mass is 9.93. The molecule has 0 aliphatic carbocycles. The summed E-state index contributed by atoms with van der Waals surface area (Å²) in [6.45, 7) is 10.1. The molecule has 0 spiro atoms. The van der Waals surface area contributed by atoms with E-state index >= 15 is 0 Å². The maximum atomic E-state index is 12.6. The van der Waals surface area contributed by atoms with Gasteiger partial charge in [0.05, 0.1) is 17.5 Å². The standard InChI is InChI=1S/C20H29N5O2S/c1-4-25-15(3)17(14(2)22-25)13-24-11-9-16(10-12-24)20-21-18-7-5-6-8-19(18)28(26,27)23-20/h5-8,16,20-21,23H,4,9-13H2,1-3H3. The van der Waals surface area contributed by atoms with E-state index in [9.17, 15) is 8.42 Å². The third kappa shape index (κ3) is 3.56. The van der Waals surface area contributed by atoms with Crippen LogP contribution in [-0.2, 0) is 23.1 Å². The molecule has 1 aromatic carbocycles. The van der Waals surface area contributed by atoms with Crippen molar-refractivity contribution in [1.29, 1.82) is 0 Å². The maximum absolute atomic E-state index is 12.6. The van der Waals surface area contributed by atoms with Gasteiger partial charge < -0.3 is 5.32 Å². The van der Waals surface area contributed by atoms with E-state index in [1.807, 2.05) is 12.1 Å². The number of rotatable bonds is 4. The summed E-state index contributed by atoms with van der Waals surface area (Å²) in [4.78, 5) is 2.79. The Morgan fingerprint density at radius 3 is 2.57 bits per heavy atom. The van der Waals surface area contributed by atoms with Gasteiger partial charge in [0.15, 0.2) is 0 Å². The minimum atomic E-state index is -3.45. The van der Waals surface area contributed by atoms with Crippen LogP contribution < -0.4 is 10.0 Å². The zero-order valence-electron chi connectivity index (χ0n) is 16.8. The van der Waals surface area contributed by atoms with Gasteiger partial charge in [-0.25, -0.2) is 8.42 Å². The molecule has 0 bridgehead atoms. The lowest BCUT2D eigenvalue weighted by Crippen LogP contribution is -2.51. The minimum absolute atomic E-state index is 0.242. The zero-order chi connectivity index (χ0) is 19.9. The number of benzene rings is 1. The van der Waals surface area contributed by atoms with E-state index in [4.69, 9.17) is 0 Å². The predicted octanol–water partition coefficient (Wildman–Crippen LogP) is 2.46. The molecule has 4 rings (SSSR count). The van der Waals surface area contributed by atoms with E-state index in [1.54, 1.807) is 12.1 Å². The number of aryl methyl sites for hydroxylation is 2. The summed E-state index contributed by atoms with van der Waals surface area (Å²) in [5, 5.41) is 8.02. The van der Waals surface area contributed by atoms with Gasteiger partial charge in [-0.1, -0.05) is 12.1 Å². The highest BCUT2D eigenvalue weighted by atomic mass is 32.2. The lowest BCUT2D eigenvalue weighted by molar-refractivity contribution is 0.163. The molecule has 1 atom stereocenters. The molecule has 152 valence electrons. The maximum Gasteiger partial charge on any atom is 0.244 e. The number of fused-ring (bicyclic) bond motifs is 1. The summed E-state index contributed by atoms with van der Waals surface area (Å²) in [5.74, 6) is 0.278. The number of piperidine rings is 1. The van der Waals surface area contributed by atoms with Crippen molar-refractivity contribution in [2.24, 2.45) is 5.92 Å². The van der Waals surface area contributed by atoms with Gasteiger partial charge in [-0.15, -0.1) is 0 Å². The predicted molar refractivity (Wildman–Crippen MR) is 110 cm³/mol. The van der Waals surface area contributed by atoms with Gasteiger partial charge in [0.25, 0.3) is 0 Å². The molecule has 1 unspecified atom stereocenters. The van der Waals surface area contributed by atoms with Crippen LogP contribution in [0.5, 0.6) is 0 Å². The largest absolute Gasteiger partial charge is 0.368 e. The van der Waals surface area contributed by atoms with E-state index in [0.717, 1.165) is 44.7 Å². The highest BCUT2D eigenvalue weighted by molar-refractivity contribution is 7.89. The highest BCUT2D eigenvalue weighted by Crippen LogP contribution is 2.31. The quantitative estimate of drug-likeness (QED) is 0.820. The Hall–Kier alpha value is -1.90. The highest BCUT2D eigenvalue weighted by Gasteiger charge is 2.35. The zero-order valence-corrected chi connectivity index (χ0v) is 17.6. The van der Waals surface area contributed by atoms with Crippen LogP contribution in [0.4, 0.5) is 5.69 Å². The fourth-order valence-corrected chi connectivity index (χ4v) is 5.79. The van der Waals surface area contributed by atoms with E-state index in [2.05, 4.69) is 45.5 Å². The molecular weight excluding hydrogens is 374 g/mol. The molecule has 2 aliphatic rings. The van der Waals surface area contributed by atoms with Crippen molar-refractivity contribution < 1.29 is 8.42 Å². The number of para-hydroxylation sites is 1. The second-order valence-corrected chi connectivity index (χ2v) is 9.50. The fourth-order valence-electron chi connectivity index (χ4n) is 4.40. The molecule has 1 saturated heterocycles. The summed E-state index contributed by atoms with van der Waals surface area (Å²) in [5.41, 5.74) is 4.39. The average molecular weight is 404 g/mol. The molecule has 28 heavy (non-hydrogen) atoms. The third-order valence-electron chi connectivity index (χ3n) is 6.09. The molecule has 7 nitrogen and oxygen atoms in total. The number of hydrogen-bond acceptors (Lipinski definition) is 5. The topological polar surface area (TPSA) is 79.3 Å². The van der Waals surface area contributed by atoms with E-state index in [-0.39, 0.29) is 12.1 Å². The number of sulfonamides is 1. The molecule has 3 heterocycles. The Morgan fingerprint density at radius 1 is 1.18 bits per heavy atom. The Labute approximate surface area is 167 Å². The van der Waals surface area contributed by atoms with Crippen molar-refractivity contribution in [3.63, 3.8) is 0 Å². The average Bonchev–Trinajstić information content (AvgIpc) is 2.95. The molecule has 0 amide bonds. The number of nitrogens with zero attached hydrogens (tertiary/aromatic N) is 3. The summed E-state index contributed by atoms with van der Waals surface area (Å²) >= 11 is 0. The van der Waals surface area contributed by atoms with Crippen LogP contribution in [0.1, 0.15) is 36.7 Å². The van der Waals surface area contributed by atoms with Crippen molar-refractivity contribution in [3.8, 4) is 0 Å². The Bertz CT molecular complexity index is 961. The first-order valence-corrected chi connectivity index (χ1v) is 11.5. The first-order valence-electron chi connectivity index (χ1n) is 10.0. The van der Waals surface area contributed by atoms with E-state index in [0.29, 0.717) is 10.6 Å². The van der Waals surface area contributed by atoms with Crippen LogP contribution in [0.25, 0.3) is 0 Å². The summed E-state index contributed by atoms with van der Waals surface area (Å²) < 4.78 is 30.0. The molecule has 8 heteroatoms. The Morgan fingerprint density at radius 2 is 1.89 bits per heavy atom. The smallest absolute Gasteiger partial charge is 0.244 e. The second-order valence-electron chi connectivity index (χ2n) is 7.82. The van der Waals surface area contributed by atoms with E-state index in [1.165, 1.54) is 11.3 Å². The van der Waals surface area contributed by atoms with Crippen molar-refractivity contribution >= 4 is 15.7 Å². The number of anilines is 1. The van der Waals surface area contributed by atoms with Gasteiger partial charge in [0.2, 0.25) is 10.0 Å². The molecule has 2 aliphatic heterocycles. The monoisotopic (exact) mass is 403 g/mol. The minimum Gasteiger partial charge on any atom is -0.368 e. The number of hydrogen-bond donors (Lipinski definition) is 2. The molecule has 0 radical (unpaired) electrons. The first-order chi connectivity index (χ1) is 13.4. The normalized spacial score (nSPS) is 22.6. The Kier molecular flexibility index (Phi) is 5.20. The summed E-state index contributed by atoms with van der Waals surface area (Å²) in [6, 6.07) is 7.11. The lowest BCUT2D eigenvalue weighted by Gasteiger charge is -2.39. The van der Waals surface area contributed by atoms with Crippen molar-refractivity contribution in [1.82, 2.24) is 19.4 Å². The molecule has 2 aromatic rings. The molecule has 0 saturated carbocycles. The molecular formula is C20H29N5O2S. The molecule has 2 N–H and O–H groups in total. The van der Waals surface area contributed by atoms with Gasteiger partial charge in [-0.2, -0.15) is 9.82 Å². The SMILES string of the molecule is CCn1nc(C)c(CN2CCC(C3Nc4ccccc4S(=O)(=O)N3)CC2)c1C. The number of likely N-dealkylation sites (tertiary alicyclic amines) is 1. The van der Waals surface area contributed by atoms with Crippen molar-refractivity contribution in [2.75, 3.05) is 18.4 Å². The van der Waals surface area contributed by atoms with Gasteiger partial charge in [0, 0.05) is 24.3 Å². The first kappa shape index (κ1) is 19.4. The second kappa shape index (κ2) is 7.50. The summed E-state index contributed by atoms with van der Waals surface area (Å²) in [7, 11) is -3.45. The van der Waals surface area contributed by atoms with Crippen LogP contribution in [0.3, 0.4) is 0 Å². The van der Waals surface area contributed by atoms with Crippen LogP contribution in [0.15, 0.2) is 29.2 Å². The van der Waals surface area contributed by atoms with Gasteiger partial charge >= 0.3 is 0 Å². The van der Waals surface area contributed by atoms with Gasteiger partial charge in [-0.3, -0.25) is 9.58 Å². The van der Waals surface area contributed by atoms with Crippen LogP contribution in [0, 0.1) is 19.8 Å².